The monoisotopic (exact) mass is 217 g/mol. The van der Waals surface area contributed by atoms with E-state index in [1.807, 2.05) is 6.08 Å². The fourth-order valence-corrected chi connectivity index (χ4v) is 1.98. The summed E-state index contributed by atoms with van der Waals surface area (Å²) in [7, 11) is 0. The normalized spacial score (nSPS) is 11.1. The molecule has 0 saturated carbocycles. The summed E-state index contributed by atoms with van der Waals surface area (Å²) in [6, 6.07) is 6.88. The van der Waals surface area contributed by atoms with Crippen LogP contribution in [0, 0.1) is 6.92 Å². The van der Waals surface area contributed by atoms with E-state index < -0.39 is 0 Å². The van der Waals surface area contributed by atoms with Gasteiger partial charge in [-0.2, -0.15) is 0 Å². The first-order valence-corrected chi connectivity index (χ1v) is 6.23. The van der Waals surface area contributed by atoms with Gasteiger partial charge in [-0.1, -0.05) is 37.6 Å². The third kappa shape index (κ3) is 4.09. The van der Waals surface area contributed by atoms with E-state index in [1.54, 1.807) is 6.20 Å². The predicted molar refractivity (Wildman–Crippen MR) is 71.4 cm³/mol. The Balaban J connectivity index is 2.52. The van der Waals surface area contributed by atoms with Crippen molar-refractivity contribution in [3.05, 3.63) is 47.2 Å². The maximum absolute atomic E-state index is 5.30. The lowest BCUT2D eigenvalue weighted by Crippen LogP contribution is -1.92. The van der Waals surface area contributed by atoms with Gasteiger partial charge in [-0.05, 0) is 55.5 Å². The number of hydrogen-bond donors (Lipinski definition) is 1. The molecule has 0 aliphatic carbocycles. The fraction of sp³-hybridized carbons (Fsp3) is 0.467. The minimum atomic E-state index is 1.08. The zero-order chi connectivity index (χ0) is 11.8. The maximum Gasteiger partial charge on any atom is -0.0103 e. The van der Waals surface area contributed by atoms with Crippen LogP contribution in [0.3, 0.4) is 0 Å². The van der Waals surface area contributed by atoms with Gasteiger partial charge in [0.1, 0.15) is 0 Å². The number of nitrogens with two attached hydrogens (primary N) is 1. The Kier molecular flexibility index (Phi) is 5.69. The molecule has 0 atom stereocenters. The molecule has 0 unspecified atom stereocenters. The second-order valence-electron chi connectivity index (χ2n) is 4.33. The second-order valence-corrected chi connectivity index (χ2v) is 4.33. The van der Waals surface area contributed by atoms with Crippen LogP contribution in [0.25, 0.3) is 0 Å². The first-order chi connectivity index (χ1) is 7.77. The largest absolute Gasteiger partial charge is 0.405 e. The lowest BCUT2D eigenvalue weighted by Gasteiger charge is -2.07. The number of aryl methyl sites for hydroxylation is 3. The Morgan fingerprint density at radius 2 is 2.06 bits per heavy atom. The van der Waals surface area contributed by atoms with Gasteiger partial charge in [0.25, 0.3) is 0 Å². The molecule has 0 fully saturated rings. The molecule has 88 valence electrons. The van der Waals surface area contributed by atoms with Crippen molar-refractivity contribution in [3.8, 4) is 0 Å². The highest BCUT2D eigenvalue weighted by molar-refractivity contribution is 5.31. The van der Waals surface area contributed by atoms with Crippen molar-refractivity contribution >= 4 is 0 Å². The average Bonchev–Trinajstić information content (AvgIpc) is 2.28. The van der Waals surface area contributed by atoms with E-state index in [0.29, 0.717) is 0 Å². The predicted octanol–water partition coefficient (Wildman–Crippen LogP) is 3.74. The highest BCUT2D eigenvalue weighted by Crippen LogP contribution is 2.14. The molecule has 2 N–H and O–H groups in total. The number of benzene rings is 1. The summed E-state index contributed by atoms with van der Waals surface area (Å²) in [5, 5.41) is 0. The Labute approximate surface area is 99.4 Å². The Bertz CT molecular complexity index is 339. The van der Waals surface area contributed by atoms with Crippen LogP contribution in [-0.2, 0) is 12.8 Å². The third-order valence-corrected chi connectivity index (χ3v) is 2.90. The lowest BCUT2D eigenvalue weighted by molar-refractivity contribution is 0.837. The molecule has 0 heterocycles. The van der Waals surface area contributed by atoms with Crippen molar-refractivity contribution < 1.29 is 0 Å². The van der Waals surface area contributed by atoms with Crippen molar-refractivity contribution in [3.63, 3.8) is 0 Å². The van der Waals surface area contributed by atoms with Gasteiger partial charge in [0, 0.05) is 0 Å². The molecule has 16 heavy (non-hydrogen) atoms. The van der Waals surface area contributed by atoms with Crippen molar-refractivity contribution in [1.29, 1.82) is 0 Å². The SMILES string of the molecule is CCCc1ccc(CCC/C=C\N)cc1C. The second kappa shape index (κ2) is 7.10. The van der Waals surface area contributed by atoms with Crippen molar-refractivity contribution in [2.75, 3.05) is 0 Å². The van der Waals surface area contributed by atoms with Crippen LogP contribution in [0.2, 0.25) is 0 Å². The van der Waals surface area contributed by atoms with E-state index in [9.17, 15) is 0 Å². The summed E-state index contributed by atoms with van der Waals surface area (Å²) in [6.07, 6.45) is 9.49. The third-order valence-electron chi connectivity index (χ3n) is 2.90. The summed E-state index contributed by atoms with van der Waals surface area (Å²) >= 11 is 0. The number of allylic oxidation sites excluding steroid dienone is 1. The fourth-order valence-electron chi connectivity index (χ4n) is 1.98. The Morgan fingerprint density at radius 1 is 1.25 bits per heavy atom. The van der Waals surface area contributed by atoms with E-state index in [4.69, 9.17) is 5.73 Å². The zero-order valence-electron chi connectivity index (χ0n) is 10.5. The van der Waals surface area contributed by atoms with Crippen LogP contribution in [-0.4, -0.2) is 0 Å². The molecule has 1 heteroatoms. The summed E-state index contributed by atoms with van der Waals surface area (Å²) in [4.78, 5) is 0. The number of unbranched alkanes of at least 4 members (excludes halogenated alkanes) is 1. The zero-order valence-corrected chi connectivity index (χ0v) is 10.5. The molecular weight excluding hydrogens is 194 g/mol. The van der Waals surface area contributed by atoms with E-state index in [1.165, 1.54) is 36.0 Å². The first-order valence-electron chi connectivity index (χ1n) is 6.23. The summed E-state index contributed by atoms with van der Waals surface area (Å²) in [5.41, 5.74) is 9.68. The molecule has 0 spiro atoms. The van der Waals surface area contributed by atoms with Gasteiger partial charge < -0.3 is 5.73 Å². The highest BCUT2D eigenvalue weighted by atomic mass is 14.5. The number of rotatable bonds is 6. The quantitative estimate of drug-likeness (QED) is 0.722. The standard InChI is InChI=1S/C15H23N/c1-3-7-15-10-9-14(12-13(15)2)8-5-4-6-11-16/h6,9-12H,3-5,7-8,16H2,1-2H3/b11-6-. The number of hydrogen-bond acceptors (Lipinski definition) is 1. The first kappa shape index (κ1) is 12.8. The maximum atomic E-state index is 5.30. The van der Waals surface area contributed by atoms with Crippen LogP contribution < -0.4 is 5.73 Å². The smallest absolute Gasteiger partial charge is 0.0103 e. The highest BCUT2D eigenvalue weighted by Gasteiger charge is 1.99. The molecule has 1 aromatic rings. The molecule has 0 radical (unpaired) electrons. The van der Waals surface area contributed by atoms with Gasteiger partial charge in [0.2, 0.25) is 0 Å². The topological polar surface area (TPSA) is 26.0 Å². The van der Waals surface area contributed by atoms with E-state index >= 15 is 0 Å². The van der Waals surface area contributed by atoms with Gasteiger partial charge in [-0.15, -0.1) is 0 Å². The summed E-state index contributed by atoms with van der Waals surface area (Å²) < 4.78 is 0. The molecule has 1 aromatic carbocycles. The van der Waals surface area contributed by atoms with Crippen molar-refractivity contribution in [2.45, 2.75) is 46.0 Å². The van der Waals surface area contributed by atoms with E-state index in [2.05, 4.69) is 32.0 Å². The molecule has 0 aromatic heterocycles. The summed E-state index contributed by atoms with van der Waals surface area (Å²) in [6.45, 7) is 4.45. The molecular formula is C15H23N. The van der Waals surface area contributed by atoms with Crippen LogP contribution in [0.15, 0.2) is 30.5 Å². The Morgan fingerprint density at radius 3 is 2.69 bits per heavy atom. The average molecular weight is 217 g/mol. The van der Waals surface area contributed by atoms with Crippen LogP contribution >= 0.6 is 0 Å². The van der Waals surface area contributed by atoms with Gasteiger partial charge in [-0.25, -0.2) is 0 Å². The van der Waals surface area contributed by atoms with Crippen molar-refractivity contribution in [1.82, 2.24) is 0 Å². The van der Waals surface area contributed by atoms with Gasteiger partial charge in [0.05, 0.1) is 0 Å². The Hall–Kier alpha value is -1.24. The van der Waals surface area contributed by atoms with Gasteiger partial charge >= 0.3 is 0 Å². The molecule has 0 bridgehead atoms. The van der Waals surface area contributed by atoms with Crippen LogP contribution in [0.5, 0.6) is 0 Å². The molecule has 1 rings (SSSR count). The summed E-state index contributed by atoms with van der Waals surface area (Å²) in [5.74, 6) is 0. The minimum absolute atomic E-state index is 1.08. The molecule has 1 nitrogen and oxygen atoms in total. The molecule has 0 aliphatic heterocycles. The van der Waals surface area contributed by atoms with Crippen molar-refractivity contribution in [2.24, 2.45) is 5.73 Å². The van der Waals surface area contributed by atoms with Gasteiger partial charge in [-0.3, -0.25) is 0 Å². The van der Waals surface area contributed by atoms with Crippen LogP contribution in [0.4, 0.5) is 0 Å². The van der Waals surface area contributed by atoms with E-state index in [0.717, 1.165) is 12.8 Å². The van der Waals surface area contributed by atoms with E-state index in [-0.39, 0.29) is 0 Å². The molecule has 0 saturated heterocycles. The lowest BCUT2D eigenvalue weighted by atomic mass is 9.99. The molecule has 0 amide bonds. The van der Waals surface area contributed by atoms with Gasteiger partial charge in [0.15, 0.2) is 0 Å². The van der Waals surface area contributed by atoms with Crippen LogP contribution in [0.1, 0.15) is 42.9 Å². The molecule has 0 aliphatic rings. The minimum Gasteiger partial charge on any atom is -0.405 e.